The third kappa shape index (κ3) is 3.69. The van der Waals surface area contributed by atoms with Crippen molar-refractivity contribution >= 4 is 34.8 Å². The number of phenolic OH excluding ortho intramolecular Hbond substituents is 2. The summed E-state index contributed by atoms with van der Waals surface area (Å²) in [6.45, 7) is 1.67. The Morgan fingerprint density at radius 3 is 2.41 bits per heavy atom. The molecule has 1 amide bonds. The van der Waals surface area contributed by atoms with E-state index in [0.717, 1.165) is 6.07 Å². The number of hydrazone groups is 1. The van der Waals surface area contributed by atoms with Crippen molar-refractivity contribution in [3.05, 3.63) is 57.6 Å². The molecule has 2 rings (SSSR count). The average Bonchev–Trinajstić information content (AvgIpc) is 2.44. The first-order valence-electron chi connectivity index (χ1n) is 6.20. The van der Waals surface area contributed by atoms with E-state index in [-0.39, 0.29) is 17.1 Å². The number of phenols is 2. The normalized spacial score (nSPS) is 11.3. The monoisotopic (exact) mass is 338 g/mol. The number of amides is 1. The summed E-state index contributed by atoms with van der Waals surface area (Å²) >= 11 is 11.9. The van der Waals surface area contributed by atoms with Gasteiger partial charge in [-0.3, -0.25) is 4.79 Å². The van der Waals surface area contributed by atoms with Crippen molar-refractivity contribution in [1.82, 2.24) is 5.43 Å². The molecule has 7 heteroatoms. The third-order valence-corrected chi connectivity index (χ3v) is 3.42. The summed E-state index contributed by atoms with van der Waals surface area (Å²) in [6, 6.07) is 8.58. The van der Waals surface area contributed by atoms with Crippen molar-refractivity contribution < 1.29 is 15.0 Å². The van der Waals surface area contributed by atoms with E-state index in [0.29, 0.717) is 21.3 Å². The molecule has 2 aromatic rings. The first-order valence-corrected chi connectivity index (χ1v) is 6.96. The number of benzene rings is 2. The zero-order chi connectivity index (χ0) is 16.3. The standard InChI is InChI=1S/C15H12Cl2N2O3/c1-8(11-4-2-9(16)6-13(11)17)18-19-15(22)12-5-3-10(20)7-14(12)21/h2-7,20-21H,1H3,(H,19,22)/b18-8+. The minimum Gasteiger partial charge on any atom is -0.508 e. The van der Waals surface area contributed by atoms with E-state index in [1.54, 1.807) is 25.1 Å². The Balaban J connectivity index is 2.18. The van der Waals surface area contributed by atoms with Crippen LogP contribution in [0.25, 0.3) is 0 Å². The molecule has 0 spiro atoms. The maximum Gasteiger partial charge on any atom is 0.275 e. The van der Waals surface area contributed by atoms with E-state index in [4.69, 9.17) is 23.2 Å². The highest BCUT2D eigenvalue weighted by Gasteiger charge is 2.11. The number of aromatic hydroxyl groups is 2. The van der Waals surface area contributed by atoms with Gasteiger partial charge in [0.2, 0.25) is 0 Å². The largest absolute Gasteiger partial charge is 0.508 e. The predicted octanol–water partition coefficient (Wildman–Crippen LogP) is 3.56. The van der Waals surface area contributed by atoms with Crippen LogP contribution in [-0.2, 0) is 0 Å². The molecule has 0 aliphatic carbocycles. The molecule has 0 fully saturated rings. The molecule has 2 aromatic carbocycles. The van der Waals surface area contributed by atoms with Gasteiger partial charge in [-0.1, -0.05) is 29.3 Å². The zero-order valence-electron chi connectivity index (χ0n) is 11.5. The fourth-order valence-electron chi connectivity index (χ4n) is 1.75. The van der Waals surface area contributed by atoms with Crippen LogP contribution in [0.4, 0.5) is 0 Å². The number of nitrogens with one attached hydrogen (secondary N) is 1. The fraction of sp³-hybridized carbons (Fsp3) is 0.0667. The van der Waals surface area contributed by atoms with E-state index in [1.807, 2.05) is 0 Å². The van der Waals surface area contributed by atoms with Crippen LogP contribution in [0.2, 0.25) is 10.0 Å². The quantitative estimate of drug-likeness (QED) is 0.591. The Labute approximate surface area is 136 Å². The van der Waals surface area contributed by atoms with Gasteiger partial charge in [-0.15, -0.1) is 0 Å². The summed E-state index contributed by atoms with van der Waals surface area (Å²) in [7, 11) is 0. The van der Waals surface area contributed by atoms with Crippen LogP contribution in [0, 0.1) is 0 Å². The molecule has 0 heterocycles. The first kappa shape index (κ1) is 16.1. The van der Waals surface area contributed by atoms with Gasteiger partial charge in [0.15, 0.2) is 0 Å². The number of carbonyl (C=O) groups excluding carboxylic acids is 1. The molecule has 0 radical (unpaired) electrons. The third-order valence-electron chi connectivity index (χ3n) is 2.87. The predicted molar refractivity (Wildman–Crippen MR) is 85.9 cm³/mol. The van der Waals surface area contributed by atoms with E-state index >= 15 is 0 Å². The molecule has 0 aliphatic rings. The van der Waals surface area contributed by atoms with Gasteiger partial charge < -0.3 is 10.2 Å². The Bertz CT molecular complexity index is 760. The minimum absolute atomic E-state index is 0.00319. The maximum absolute atomic E-state index is 11.9. The number of hydrogen-bond donors (Lipinski definition) is 3. The molecule has 5 nitrogen and oxygen atoms in total. The van der Waals surface area contributed by atoms with Gasteiger partial charge in [-0.05, 0) is 31.2 Å². The lowest BCUT2D eigenvalue weighted by molar-refractivity contribution is 0.0952. The van der Waals surface area contributed by atoms with Gasteiger partial charge in [-0.2, -0.15) is 5.10 Å². The lowest BCUT2D eigenvalue weighted by Gasteiger charge is -2.06. The Kier molecular flexibility index (Phi) is 4.90. The molecule has 0 aliphatic heterocycles. The van der Waals surface area contributed by atoms with Crippen molar-refractivity contribution in [2.24, 2.45) is 5.10 Å². The molecule has 0 aromatic heterocycles. The van der Waals surface area contributed by atoms with Gasteiger partial charge in [0.05, 0.1) is 16.3 Å². The molecule has 114 valence electrons. The summed E-state index contributed by atoms with van der Waals surface area (Å²) in [5.41, 5.74) is 3.42. The van der Waals surface area contributed by atoms with E-state index in [9.17, 15) is 15.0 Å². The fourth-order valence-corrected chi connectivity index (χ4v) is 2.30. The maximum atomic E-state index is 11.9. The van der Waals surface area contributed by atoms with Crippen LogP contribution in [0.5, 0.6) is 11.5 Å². The summed E-state index contributed by atoms with van der Waals surface area (Å²) in [5.74, 6) is -1.08. The van der Waals surface area contributed by atoms with Crippen molar-refractivity contribution in [3.63, 3.8) is 0 Å². The van der Waals surface area contributed by atoms with Crippen LogP contribution in [0.1, 0.15) is 22.8 Å². The molecule has 0 unspecified atom stereocenters. The molecular weight excluding hydrogens is 327 g/mol. The smallest absolute Gasteiger partial charge is 0.275 e. The first-order chi connectivity index (χ1) is 10.4. The van der Waals surface area contributed by atoms with Crippen LogP contribution >= 0.6 is 23.2 Å². The van der Waals surface area contributed by atoms with Crippen LogP contribution in [-0.4, -0.2) is 21.8 Å². The lowest BCUT2D eigenvalue weighted by Crippen LogP contribution is -2.19. The van der Waals surface area contributed by atoms with Crippen molar-refractivity contribution in [3.8, 4) is 11.5 Å². The Morgan fingerprint density at radius 1 is 1.09 bits per heavy atom. The molecule has 0 atom stereocenters. The number of halogens is 2. The van der Waals surface area contributed by atoms with Gasteiger partial charge >= 0.3 is 0 Å². The highest BCUT2D eigenvalue weighted by atomic mass is 35.5. The van der Waals surface area contributed by atoms with Gasteiger partial charge in [0, 0.05) is 16.7 Å². The number of carbonyl (C=O) groups is 1. The molecule has 22 heavy (non-hydrogen) atoms. The van der Waals surface area contributed by atoms with Crippen molar-refractivity contribution in [1.29, 1.82) is 0 Å². The highest BCUT2D eigenvalue weighted by Crippen LogP contribution is 2.23. The molecule has 0 saturated carbocycles. The number of hydrogen-bond acceptors (Lipinski definition) is 4. The second-order valence-electron chi connectivity index (χ2n) is 4.46. The second kappa shape index (κ2) is 6.68. The van der Waals surface area contributed by atoms with E-state index in [2.05, 4.69) is 10.5 Å². The van der Waals surface area contributed by atoms with Gasteiger partial charge in [0.1, 0.15) is 11.5 Å². The Hall–Kier alpha value is -2.24. The highest BCUT2D eigenvalue weighted by molar-refractivity contribution is 6.37. The molecule has 3 N–H and O–H groups in total. The average molecular weight is 339 g/mol. The lowest BCUT2D eigenvalue weighted by atomic mass is 10.1. The Morgan fingerprint density at radius 2 is 1.77 bits per heavy atom. The number of nitrogens with zero attached hydrogens (tertiary/aromatic N) is 1. The topological polar surface area (TPSA) is 81.9 Å². The molecular formula is C15H12Cl2N2O3. The van der Waals surface area contributed by atoms with Gasteiger partial charge in [0.25, 0.3) is 5.91 Å². The molecule has 0 bridgehead atoms. The van der Waals surface area contributed by atoms with Crippen LogP contribution in [0.3, 0.4) is 0 Å². The second-order valence-corrected chi connectivity index (χ2v) is 5.31. The summed E-state index contributed by atoms with van der Waals surface area (Å²) in [6.07, 6.45) is 0. The van der Waals surface area contributed by atoms with E-state index < -0.39 is 5.91 Å². The summed E-state index contributed by atoms with van der Waals surface area (Å²) < 4.78 is 0. The summed E-state index contributed by atoms with van der Waals surface area (Å²) in [4.78, 5) is 11.9. The number of rotatable bonds is 3. The SMILES string of the molecule is C/C(=N\NC(=O)c1ccc(O)cc1O)c1ccc(Cl)cc1Cl. The van der Waals surface area contributed by atoms with Gasteiger partial charge in [-0.25, -0.2) is 5.43 Å². The van der Waals surface area contributed by atoms with Crippen LogP contribution < -0.4 is 5.43 Å². The molecule has 0 saturated heterocycles. The van der Waals surface area contributed by atoms with E-state index in [1.165, 1.54) is 12.1 Å². The summed E-state index contributed by atoms with van der Waals surface area (Å²) in [5, 5.41) is 23.7. The van der Waals surface area contributed by atoms with Crippen molar-refractivity contribution in [2.75, 3.05) is 0 Å². The van der Waals surface area contributed by atoms with Crippen molar-refractivity contribution in [2.45, 2.75) is 6.92 Å². The minimum atomic E-state index is -0.609. The zero-order valence-corrected chi connectivity index (χ0v) is 13.0. The van der Waals surface area contributed by atoms with Crippen LogP contribution in [0.15, 0.2) is 41.5 Å².